The molecule has 0 spiro atoms. The third-order valence-electron chi connectivity index (χ3n) is 3.19. The lowest BCUT2D eigenvalue weighted by atomic mass is 10.0. The van der Waals surface area contributed by atoms with Gasteiger partial charge in [0.2, 0.25) is 0 Å². The number of alkyl halides is 3. The first-order valence-electron chi connectivity index (χ1n) is 5.97. The number of hydrogen-bond donors (Lipinski definition) is 1. The Morgan fingerprint density at radius 1 is 1.00 bits per heavy atom. The Labute approximate surface area is 123 Å². The highest BCUT2D eigenvalue weighted by Crippen LogP contribution is 2.39. The van der Waals surface area contributed by atoms with E-state index in [4.69, 9.17) is 0 Å². The van der Waals surface area contributed by atoms with Crippen LogP contribution in [0.4, 0.5) is 26.3 Å². The Kier molecular flexibility index (Phi) is 5.89. The zero-order valence-electron chi connectivity index (χ0n) is 10.7. The second kappa shape index (κ2) is 6.85. The minimum Gasteiger partial charge on any atom is -0.314 e. The molecule has 1 N–H and O–H groups in total. The maximum atomic E-state index is 13.6. The summed E-state index contributed by atoms with van der Waals surface area (Å²) in [5, 5.41) is 2.87. The van der Waals surface area contributed by atoms with Gasteiger partial charge >= 0.3 is 6.18 Å². The van der Waals surface area contributed by atoms with Crippen LogP contribution >= 0.6 is 12.4 Å². The van der Waals surface area contributed by atoms with E-state index in [0.29, 0.717) is 25.2 Å². The summed E-state index contributed by atoms with van der Waals surface area (Å²) in [5.74, 6) is -5.18. The van der Waals surface area contributed by atoms with Gasteiger partial charge in [0.05, 0.1) is 0 Å². The average molecular weight is 335 g/mol. The van der Waals surface area contributed by atoms with Crippen LogP contribution in [0.3, 0.4) is 0 Å². The van der Waals surface area contributed by atoms with Crippen LogP contribution in [-0.2, 0) is 0 Å². The minimum atomic E-state index is -4.78. The van der Waals surface area contributed by atoms with E-state index >= 15 is 0 Å². The highest BCUT2D eigenvalue weighted by Gasteiger charge is 2.46. The van der Waals surface area contributed by atoms with E-state index in [0.717, 1.165) is 4.90 Å². The second-order valence-corrected chi connectivity index (χ2v) is 4.49. The zero-order chi connectivity index (χ0) is 14.9. The van der Waals surface area contributed by atoms with Crippen LogP contribution in [0.25, 0.3) is 0 Å². The summed E-state index contributed by atoms with van der Waals surface area (Å²) >= 11 is 0. The second-order valence-electron chi connectivity index (χ2n) is 4.49. The standard InChI is InChI=1S/C12H12F6N2.ClH/c13-8-2-1-7(9(14)10(8)15)11(12(16,17)18)20-5-3-19-4-6-20;/h1-2,11,19H,3-6H2;1H/t11-;/m0./s1. The summed E-state index contributed by atoms with van der Waals surface area (Å²) in [6.07, 6.45) is -4.78. The number of nitrogens with zero attached hydrogens (tertiary/aromatic N) is 1. The Hall–Kier alpha value is -0.990. The van der Waals surface area contributed by atoms with Crippen molar-refractivity contribution in [2.24, 2.45) is 0 Å². The molecule has 2 rings (SSSR count). The first-order valence-corrected chi connectivity index (χ1v) is 5.97. The molecule has 0 bridgehead atoms. The monoisotopic (exact) mass is 334 g/mol. The van der Waals surface area contributed by atoms with Gasteiger partial charge in [-0.2, -0.15) is 13.2 Å². The van der Waals surface area contributed by atoms with E-state index in [-0.39, 0.29) is 25.5 Å². The molecule has 21 heavy (non-hydrogen) atoms. The van der Waals surface area contributed by atoms with E-state index in [1.54, 1.807) is 0 Å². The molecule has 120 valence electrons. The van der Waals surface area contributed by atoms with Gasteiger partial charge in [-0.15, -0.1) is 12.4 Å². The number of piperazine rings is 1. The van der Waals surface area contributed by atoms with Crippen molar-refractivity contribution in [2.75, 3.05) is 26.2 Å². The average Bonchev–Trinajstić information content (AvgIpc) is 2.39. The summed E-state index contributed by atoms with van der Waals surface area (Å²) in [4.78, 5) is 1.01. The van der Waals surface area contributed by atoms with Crippen molar-refractivity contribution in [3.8, 4) is 0 Å². The quantitative estimate of drug-likeness (QED) is 0.660. The third-order valence-corrected chi connectivity index (χ3v) is 3.19. The molecule has 1 heterocycles. The van der Waals surface area contributed by atoms with Crippen LogP contribution in [0.15, 0.2) is 12.1 Å². The molecule has 0 saturated carbocycles. The summed E-state index contributed by atoms with van der Waals surface area (Å²) in [7, 11) is 0. The van der Waals surface area contributed by atoms with Crippen LogP contribution in [0.2, 0.25) is 0 Å². The van der Waals surface area contributed by atoms with Gasteiger partial charge in [0, 0.05) is 31.7 Å². The largest absolute Gasteiger partial charge is 0.408 e. The number of halogens is 7. The Morgan fingerprint density at radius 3 is 2.10 bits per heavy atom. The van der Waals surface area contributed by atoms with Crippen LogP contribution < -0.4 is 5.32 Å². The lowest BCUT2D eigenvalue weighted by molar-refractivity contribution is -0.188. The Bertz CT molecular complexity index is 487. The lowest BCUT2D eigenvalue weighted by Gasteiger charge is -2.36. The first kappa shape index (κ1) is 18.1. The van der Waals surface area contributed by atoms with Crippen molar-refractivity contribution in [1.82, 2.24) is 10.2 Å². The zero-order valence-corrected chi connectivity index (χ0v) is 11.5. The van der Waals surface area contributed by atoms with Gasteiger partial charge in [-0.3, -0.25) is 4.90 Å². The molecular formula is C12H13ClF6N2. The summed E-state index contributed by atoms with van der Waals surface area (Å²) in [5.41, 5.74) is -0.890. The molecule has 0 aromatic heterocycles. The molecule has 1 saturated heterocycles. The van der Waals surface area contributed by atoms with Gasteiger partial charge < -0.3 is 5.32 Å². The predicted molar refractivity (Wildman–Crippen MR) is 66.8 cm³/mol. The van der Waals surface area contributed by atoms with Crippen molar-refractivity contribution in [2.45, 2.75) is 12.2 Å². The molecule has 0 unspecified atom stereocenters. The fourth-order valence-corrected chi connectivity index (χ4v) is 2.27. The van der Waals surface area contributed by atoms with Crippen molar-refractivity contribution in [1.29, 1.82) is 0 Å². The van der Waals surface area contributed by atoms with E-state index in [9.17, 15) is 26.3 Å². The lowest BCUT2D eigenvalue weighted by Crippen LogP contribution is -2.49. The highest BCUT2D eigenvalue weighted by molar-refractivity contribution is 5.85. The number of nitrogens with one attached hydrogen (secondary N) is 1. The van der Waals surface area contributed by atoms with Crippen LogP contribution in [-0.4, -0.2) is 37.3 Å². The highest BCUT2D eigenvalue weighted by atomic mass is 35.5. The predicted octanol–water partition coefficient (Wildman–Crippen LogP) is 3.03. The molecule has 2 nitrogen and oxygen atoms in total. The summed E-state index contributed by atoms with van der Waals surface area (Å²) in [6.45, 7) is 0.723. The summed E-state index contributed by atoms with van der Waals surface area (Å²) < 4.78 is 79.1. The summed E-state index contributed by atoms with van der Waals surface area (Å²) in [6, 6.07) is -1.12. The van der Waals surface area contributed by atoms with Gasteiger partial charge in [-0.05, 0) is 6.07 Å². The maximum absolute atomic E-state index is 13.6. The maximum Gasteiger partial charge on any atom is 0.408 e. The Morgan fingerprint density at radius 2 is 1.57 bits per heavy atom. The molecule has 1 aromatic carbocycles. The fourth-order valence-electron chi connectivity index (χ4n) is 2.27. The molecular weight excluding hydrogens is 322 g/mol. The van der Waals surface area contributed by atoms with Crippen molar-refractivity contribution in [3.05, 3.63) is 35.1 Å². The molecule has 1 atom stereocenters. The SMILES string of the molecule is Cl.Fc1ccc([C@H](N2CCNCC2)C(F)(F)F)c(F)c1F. The van der Waals surface area contributed by atoms with Crippen LogP contribution in [0.5, 0.6) is 0 Å². The van der Waals surface area contributed by atoms with E-state index in [2.05, 4.69) is 5.32 Å². The van der Waals surface area contributed by atoms with E-state index < -0.39 is 35.2 Å². The molecule has 0 aliphatic carbocycles. The number of benzene rings is 1. The van der Waals surface area contributed by atoms with Crippen molar-refractivity contribution >= 4 is 12.4 Å². The van der Waals surface area contributed by atoms with Crippen LogP contribution in [0, 0.1) is 17.5 Å². The Balaban J connectivity index is 0.00000220. The molecule has 1 aliphatic rings. The van der Waals surface area contributed by atoms with Crippen LogP contribution in [0.1, 0.15) is 11.6 Å². The van der Waals surface area contributed by atoms with Crippen molar-refractivity contribution in [3.63, 3.8) is 0 Å². The molecule has 0 amide bonds. The van der Waals surface area contributed by atoms with Gasteiger partial charge in [-0.25, -0.2) is 13.2 Å². The van der Waals surface area contributed by atoms with Gasteiger partial charge in [-0.1, -0.05) is 6.07 Å². The van der Waals surface area contributed by atoms with E-state index in [1.165, 1.54) is 0 Å². The number of hydrogen-bond acceptors (Lipinski definition) is 2. The smallest absolute Gasteiger partial charge is 0.314 e. The van der Waals surface area contributed by atoms with Gasteiger partial charge in [0.25, 0.3) is 0 Å². The molecule has 0 radical (unpaired) electrons. The van der Waals surface area contributed by atoms with Gasteiger partial charge in [0.15, 0.2) is 17.5 Å². The first-order chi connectivity index (χ1) is 9.32. The molecule has 1 aliphatic heterocycles. The topological polar surface area (TPSA) is 15.3 Å². The fraction of sp³-hybridized carbons (Fsp3) is 0.500. The molecule has 9 heteroatoms. The van der Waals surface area contributed by atoms with Gasteiger partial charge in [0.1, 0.15) is 6.04 Å². The minimum absolute atomic E-state index is 0. The van der Waals surface area contributed by atoms with Crippen molar-refractivity contribution < 1.29 is 26.3 Å². The molecule has 1 fully saturated rings. The molecule has 1 aromatic rings. The third kappa shape index (κ3) is 3.81. The number of rotatable bonds is 2. The normalized spacial score (nSPS) is 18.2. The van der Waals surface area contributed by atoms with E-state index in [1.807, 2.05) is 0 Å².